The van der Waals surface area contributed by atoms with Crippen molar-refractivity contribution in [3.8, 4) is 11.4 Å². The third-order valence-electron chi connectivity index (χ3n) is 3.58. The number of aromatic amines is 1. The van der Waals surface area contributed by atoms with E-state index < -0.39 is 16.4 Å². The van der Waals surface area contributed by atoms with E-state index in [-0.39, 0.29) is 10.8 Å². The molecule has 0 aliphatic carbocycles. The number of nitrogens with one attached hydrogen (secondary N) is 1. The Hall–Kier alpha value is -3.13. The largest absolute Gasteiger partial charge is 0.868 e. The molecule has 0 saturated carbocycles. The van der Waals surface area contributed by atoms with Crippen LogP contribution in [0.1, 0.15) is 5.56 Å². The summed E-state index contributed by atoms with van der Waals surface area (Å²) < 4.78 is 2.21. The van der Waals surface area contributed by atoms with E-state index in [0.717, 1.165) is 16.6 Å². The van der Waals surface area contributed by atoms with Crippen molar-refractivity contribution in [3.63, 3.8) is 0 Å². The highest BCUT2D eigenvalue weighted by atomic mass is 79.9. The zero-order chi connectivity index (χ0) is 18.1. The average Bonchev–Trinajstić information content (AvgIpc) is 2.85. The molecule has 1 aromatic heterocycles. The van der Waals surface area contributed by atoms with Crippen molar-refractivity contribution in [2.45, 2.75) is 0 Å². The van der Waals surface area contributed by atoms with Crippen LogP contribution in [-0.4, -0.2) is 14.7 Å². The fraction of sp³-hybridized carbons (Fsp3) is 0. The lowest BCUT2D eigenvalue weighted by atomic mass is 10.1. The fourth-order valence-corrected chi connectivity index (χ4v) is 2.61. The van der Waals surface area contributed by atoms with Gasteiger partial charge >= 0.3 is 0 Å². The van der Waals surface area contributed by atoms with E-state index in [2.05, 4.69) is 27.6 Å². The Kier molecular flexibility index (Phi) is 4.28. The van der Waals surface area contributed by atoms with Gasteiger partial charge in [-0.1, -0.05) is 34.6 Å². The number of halogens is 1. The lowest BCUT2D eigenvalue weighted by Crippen LogP contribution is -2.33. The summed E-state index contributed by atoms with van der Waals surface area (Å²) >= 11 is 3.33. The smallest absolute Gasteiger partial charge is 0.279 e. The predicted octanol–water partition coefficient (Wildman–Crippen LogP) is 1.15. The highest BCUT2D eigenvalue weighted by Gasteiger charge is 2.08. The standard InChI is InChI=1S/C17H12BrN3O4/c1-10-14(8-11-2-7-16(22)15(9-11)21(24)25)17(23)20(19-10)13-5-3-12(18)4-6-13/h2-9,19,22H,1H2/p-1/b14-8-. The van der Waals surface area contributed by atoms with Gasteiger partial charge in [0, 0.05) is 10.5 Å². The Bertz CT molecular complexity index is 1130. The van der Waals surface area contributed by atoms with Gasteiger partial charge < -0.3 is 5.11 Å². The number of rotatable bonds is 3. The molecule has 8 heteroatoms. The zero-order valence-electron chi connectivity index (χ0n) is 12.7. The minimum absolute atomic E-state index is 0.260. The Labute approximate surface area is 149 Å². The first kappa shape index (κ1) is 16.7. The molecule has 0 saturated heterocycles. The predicted molar refractivity (Wildman–Crippen MR) is 95.0 cm³/mol. The third kappa shape index (κ3) is 3.24. The topological polar surface area (TPSA) is 104 Å². The number of hydrogen-bond acceptors (Lipinski definition) is 4. The van der Waals surface area contributed by atoms with Crippen LogP contribution in [-0.2, 0) is 0 Å². The number of nitro groups is 1. The molecule has 0 unspecified atom stereocenters. The van der Waals surface area contributed by atoms with Gasteiger partial charge in [0.15, 0.2) is 0 Å². The lowest BCUT2D eigenvalue weighted by molar-refractivity contribution is -0.398. The van der Waals surface area contributed by atoms with E-state index in [4.69, 9.17) is 0 Å². The molecule has 1 heterocycles. The Morgan fingerprint density at radius 3 is 2.52 bits per heavy atom. The summed E-state index contributed by atoms with van der Waals surface area (Å²) in [5.41, 5.74) is 0.109. The van der Waals surface area contributed by atoms with Gasteiger partial charge in [0.2, 0.25) is 0 Å². The number of hydrogen-bond donors (Lipinski definition) is 1. The van der Waals surface area contributed by atoms with Crippen molar-refractivity contribution in [1.29, 1.82) is 0 Å². The van der Waals surface area contributed by atoms with Crippen LogP contribution in [0.25, 0.3) is 18.3 Å². The first-order chi connectivity index (χ1) is 11.9. The van der Waals surface area contributed by atoms with Gasteiger partial charge in [0.25, 0.3) is 11.2 Å². The van der Waals surface area contributed by atoms with Crippen molar-refractivity contribution < 1.29 is 10.0 Å². The maximum Gasteiger partial charge on any atom is 0.279 e. The first-order valence-corrected chi connectivity index (χ1v) is 7.89. The second-order valence-electron chi connectivity index (χ2n) is 5.25. The second-order valence-corrected chi connectivity index (χ2v) is 6.17. The van der Waals surface area contributed by atoms with Crippen LogP contribution in [0.5, 0.6) is 5.75 Å². The quantitative estimate of drug-likeness (QED) is 0.525. The van der Waals surface area contributed by atoms with Crippen molar-refractivity contribution in [2.24, 2.45) is 0 Å². The van der Waals surface area contributed by atoms with Gasteiger partial charge in [-0.15, -0.1) is 0 Å². The fourth-order valence-electron chi connectivity index (χ4n) is 2.35. The van der Waals surface area contributed by atoms with E-state index in [0.29, 0.717) is 16.6 Å². The van der Waals surface area contributed by atoms with Crippen LogP contribution in [0.4, 0.5) is 5.69 Å². The third-order valence-corrected chi connectivity index (χ3v) is 4.11. The van der Waals surface area contributed by atoms with Crippen LogP contribution >= 0.6 is 15.9 Å². The number of H-pyrrole nitrogens is 1. The van der Waals surface area contributed by atoms with Crippen molar-refractivity contribution in [3.05, 3.63) is 83.5 Å². The Balaban J connectivity index is 2.16. The van der Waals surface area contributed by atoms with E-state index in [1.165, 1.54) is 16.8 Å². The summed E-state index contributed by atoms with van der Waals surface area (Å²) in [7, 11) is 0. The summed E-state index contributed by atoms with van der Waals surface area (Å²) in [6, 6.07) is 10.8. The molecule has 1 N–H and O–H groups in total. The number of nitro benzene ring substituents is 1. The van der Waals surface area contributed by atoms with Gasteiger partial charge in [0.05, 0.1) is 21.2 Å². The van der Waals surface area contributed by atoms with Gasteiger partial charge in [-0.3, -0.25) is 20.0 Å². The van der Waals surface area contributed by atoms with E-state index >= 15 is 0 Å². The molecule has 0 amide bonds. The van der Waals surface area contributed by atoms with E-state index in [1.54, 1.807) is 24.3 Å². The minimum atomic E-state index is -0.748. The van der Waals surface area contributed by atoms with Gasteiger partial charge in [-0.25, -0.2) is 4.68 Å². The minimum Gasteiger partial charge on any atom is -0.868 e. The molecule has 0 atom stereocenters. The molecular formula is C17H11BrN3O4-. The molecule has 0 radical (unpaired) electrons. The van der Waals surface area contributed by atoms with Gasteiger partial charge in [0.1, 0.15) is 0 Å². The van der Waals surface area contributed by atoms with E-state index in [1.807, 2.05) is 0 Å². The highest BCUT2D eigenvalue weighted by molar-refractivity contribution is 9.10. The average molecular weight is 401 g/mol. The van der Waals surface area contributed by atoms with Crippen LogP contribution in [0.3, 0.4) is 0 Å². The van der Waals surface area contributed by atoms with Crippen molar-refractivity contribution in [1.82, 2.24) is 9.78 Å². The number of aromatic nitrogens is 2. The van der Waals surface area contributed by atoms with Gasteiger partial charge in [-0.05, 0) is 41.7 Å². The molecule has 7 nitrogen and oxygen atoms in total. The molecule has 2 aromatic carbocycles. The lowest BCUT2D eigenvalue weighted by Gasteiger charge is -2.05. The highest BCUT2D eigenvalue weighted by Crippen LogP contribution is 2.23. The molecule has 126 valence electrons. The van der Waals surface area contributed by atoms with Crippen LogP contribution < -0.4 is 21.2 Å². The molecule has 0 spiro atoms. The Morgan fingerprint density at radius 2 is 1.88 bits per heavy atom. The number of benzene rings is 2. The molecule has 0 aliphatic heterocycles. The van der Waals surface area contributed by atoms with Gasteiger partial charge in [-0.2, -0.15) is 0 Å². The maximum absolute atomic E-state index is 12.6. The van der Waals surface area contributed by atoms with Crippen LogP contribution in [0, 0.1) is 10.1 Å². The summed E-state index contributed by atoms with van der Waals surface area (Å²) in [6.07, 6.45) is 1.46. The Morgan fingerprint density at radius 1 is 1.20 bits per heavy atom. The van der Waals surface area contributed by atoms with Crippen molar-refractivity contribution in [2.75, 3.05) is 0 Å². The molecule has 3 rings (SSSR count). The molecule has 0 fully saturated rings. The SMILES string of the molecule is C=c1[nH]n(-c2ccc(Br)cc2)c(=O)/c1=C\c1ccc([O-])c([N+](=O)[O-])c1. The molecule has 0 bridgehead atoms. The normalized spacial score (nSPS) is 11.6. The molecule has 3 aromatic rings. The maximum atomic E-state index is 12.6. The monoisotopic (exact) mass is 400 g/mol. The molecular weight excluding hydrogens is 390 g/mol. The molecule has 0 aliphatic rings. The molecule has 25 heavy (non-hydrogen) atoms. The van der Waals surface area contributed by atoms with E-state index in [9.17, 15) is 20.0 Å². The second kappa shape index (κ2) is 6.40. The summed E-state index contributed by atoms with van der Waals surface area (Å²) in [5, 5.41) is 25.8. The van der Waals surface area contributed by atoms with Crippen molar-refractivity contribution >= 4 is 34.3 Å². The number of nitrogens with zero attached hydrogens (tertiary/aromatic N) is 2. The first-order valence-electron chi connectivity index (χ1n) is 7.10. The summed E-state index contributed by atoms with van der Waals surface area (Å²) in [5.74, 6) is -0.682. The zero-order valence-corrected chi connectivity index (χ0v) is 14.3. The van der Waals surface area contributed by atoms with Crippen LogP contribution in [0.15, 0.2) is 51.7 Å². The van der Waals surface area contributed by atoms with Crippen LogP contribution in [0.2, 0.25) is 0 Å². The summed E-state index contributed by atoms with van der Waals surface area (Å²) in [6.45, 7) is 3.80. The summed E-state index contributed by atoms with van der Waals surface area (Å²) in [4.78, 5) is 22.8.